The van der Waals surface area contributed by atoms with E-state index in [1.165, 1.54) is 16.0 Å². The second kappa shape index (κ2) is 13.5. The van der Waals surface area contributed by atoms with Crippen LogP contribution < -0.4 is 24.8 Å². The van der Waals surface area contributed by atoms with Gasteiger partial charge >= 0.3 is 0 Å². The molecule has 0 amide bonds. The average molecular weight is 545 g/mol. The number of hydrogen-bond acceptors (Lipinski definition) is 5. The topological polar surface area (TPSA) is 64.1 Å². The van der Waals surface area contributed by atoms with Crippen molar-refractivity contribution in [1.29, 1.82) is 0 Å². The molecular formula is C22H32IN3O3S. The molecule has 0 aliphatic carbocycles. The monoisotopic (exact) mass is 545 g/mol. The Morgan fingerprint density at radius 1 is 0.967 bits per heavy atom. The van der Waals surface area contributed by atoms with Crippen LogP contribution in [0.5, 0.6) is 17.2 Å². The minimum atomic E-state index is 0. The third-order valence-corrected chi connectivity index (χ3v) is 5.25. The van der Waals surface area contributed by atoms with Crippen molar-refractivity contribution in [2.75, 3.05) is 34.1 Å². The summed E-state index contributed by atoms with van der Waals surface area (Å²) in [5.74, 6) is 2.62. The fourth-order valence-electron chi connectivity index (χ4n) is 2.97. The van der Waals surface area contributed by atoms with Gasteiger partial charge < -0.3 is 24.8 Å². The second-order valence-corrected chi connectivity index (χ2v) is 7.21. The molecular weight excluding hydrogens is 513 g/mol. The van der Waals surface area contributed by atoms with E-state index in [2.05, 4.69) is 42.0 Å². The van der Waals surface area contributed by atoms with Gasteiger partial charge in [0.1, 0.15) is 0 Å². The van der Waals surface area contributed by atoms with Gasteiger partial charge in [-0.25, -0.2) is 4.99 Å². The highest BCUT2D eigenvalue weighted by atomic mass is 127. The van der Waals surface area contributed by atoms with Crippen LogP contribution >= 0.6 is 35.7 Å². The van der Waals surface area contributed by atoms with E-state index in [4.69, 9.17) is 19.2 Å². The standard InChI is InChI=1S/C22H31N3O3S.HI/c1-7-23-22(24-13-16-9-8-15(2)12-19(16)29-6)25-14-17-10-11-18(26-3)21(28-5)20(17)27-4;/h8-12H,7,13-14H2,1-6H3,(H2,23,24,25);1H. The predicted octanol–water partition coefficient (Wildman–Crippen LogP) is 4.62. The molecule has 0 aliphatic rings. The van der Waals surface area contributed by atoms with E-state index >= 15 is 0 Å². The van der Waals surface area contributed by atoms with E-state index < -0.39 is 0 Å². The summed E-state index contributed by atoms with van der Waals surface area (Å²) in [7, 11) is 4.84. The molecule has 30 heavy (non-hydrogen) atoms. The Morgan fingerprint density at radius 2 is 1.67 bits per heavy atom. The highest BCUT2D eigenvalue weighted by Crippen LogP contribution is 2.39. The number of benzene rings is 2. The number of nitrogens with zero attached hydrogens (tertiary/aromatic N) is 1. The molecule has 0 unspecified atom stereocenters. The maximum atomic E-state index is 5.56. The van der Waals surface area contributed by atoms with Crippen LogP contribution in [0.25, 0.3) is 0 Å². The summed E-state index contributed by atoms with van der Waals surface area (Å²) in [6.45, 7) is 6.08. The van der Waals surface area contributed by atoms with Crippen molar-refractivity contribution >= 4 is 41.7 Å². The number of halogens is 1. The molecule has 0 saturated heterocycles. The Morgan fingerprint density at radius 3 is 2.27 bits per heavy atom. The largest absolute Gasteiger partial charge is 0.493 e. The normalized spacial score (nSPS) is 10.8. The Bertz CT molecular complexity index is 847. The first-order valence-electron chi connectivity index (χ1n) is 9.51. The van der Waals surface area contributed by atoms with E-state index in [0.717, 1.165) is 18.1 Å². The van der Waals surface area contributed by atoms with Gasteiger partial charge in [0.2, 0.25) is 5.75 Å². The first-order chi connectivity index (χ1) is 14.1. The van der Waals surface area contributed by atoms with Crippen LogP contribution in [-0.4, -0.2) is 40.1 Å². The van der Waals surface area contributed by atoms with Crippen LogP contribution in [0.15, 0.2) is 40.2 Å². The van der Waals surface area contributed by atoms with Gasteiger partial charge in [0, 0.05) is 23.5 Å². The van der Waals surface area contributed by atoms with Gasteiger partial charge in [0.25, 0.3) is 0 Å². The number of methoxy groups -OCH3 is 3. The zero-order chi connectivity index (χ0) is 21.2. The van der Waals surface area contributed by atoms with Crippen molar-refractivity contribution in [3.8, 4) is 17.2 Å². The number of guanidine groups is 1. The lowest BCUT2D eigenvalue weighted by atomic mass is 10.1. The molecule has 2 N–H and O–H groups in total. The number of ether oxygens (including phenoxy) is 3. The molecule has 0 atom stereocenters. The van der Waals surface area contributed by atoms with Gasteiger partial charge in [-0.1, -0.05) is 12.1 Å². The van der Waals surface area contributed by atoms with Crippen LogP contribution in [0.2, 0.25) is 0 Å². The third-order valence-electron chi connectivity index (χ3n) is 4.43. The van der Waals surface area contributed by atoms with Crippen molar-refractivity contribution in [2.45, 2.75) is 31.8 Å². The van der Waals surface area contributed by atoms with Crippen molar-refractivity contribution < 1.29 is 14.2 Å². The van der Waals surface area contributed by atoms with Crippen molar-refractivity contribution in [1.82, 2.24) is 10.6 Å². The maximum absolute atomic E-state index is 5.56. The van der Waals surface area contributed by atoms with Gasteiger partial charge in [-0.05, 0) is 49.4 Å². The minimum Gasteiger partial charge on any atom is -0.493 e. The molecule has 166 valence electrons. The maximum Gasteiger partial charge on any atom is 0.203 e. The first kappa shape index (κ1) is 26.2. The Kier molecular flexibility index (Phi) is 11.8. The highest BCUT2D eigenvalue weighted by Gasteiger charge is 2.16. The molecule has 2 rings (SSSR count). The summed E-state index contributed by atoms with van der Waals surface area (Å²) >= 11 is 1.74. The molecule has 0 bridgehead atoms. The van der Waals surface area contributed by atoms with E-state index in [-0.39, 0.29) is 24.0 Å². The van der Waals surface area contributed by atoms with Crippen LogP contribution in [0.4, 0.5) is 0 Å². The third kappa shape index (κ3) is 6.87. The van der Waals surface area contributed by atoms with E-state index in [1.54, 1.807) is 33.1 Å². The summed E-state index contributed by atoms with van der Waals surface area (Å²) in [4.78, 5) is 6.01. The highest BCUT2D eigenvalue weighted by molar-refractivity contribution is 14.0. The molecule has 0 radical (unpaired) electrons. The quantitative estimate of drug-likeness (QED) is 0.208. The van der Waals surface area contributed by atoms with Gasteiger partial charge in [-0.2, -0.15) is 0 Å². The summed E-state index contributed by atoms with van der Waals surface area (Å²) in [5.41, 5.74) is 3.42. The van der Waals surface area contributed by atoms with E-state index in [9.17, 15) is 0 Å². The van der Waals surface area contributed by atoms with Crippen LogP contribution in [-0.2, 0) is 13.1 Å². The molecule has 0 fully saturated rings. The second-order valence-electron chi connectivity index (χ2n) is 6.36. The fraction of sp³-hybridized carbons (Fsp3) is 0.409. The fourth-order valence-corrected chi connectivity index (χ4v) is 3.67. The average Bonchev–Trinajstić information content (AvgIpc) is 2.75. The lowest BCUT2D eigenvalue weighted by molar-refractivity contribution is 0.322. The summed E-state index contributed by atoms with van der Waals surface area (Å²) < 4.78 is 16.4. The zero-order valence-electron chi connectivity index (χ0n) is 18.5. The Hall–Kier alpha value is -1.81. The zero-order valence-corrected chi connectivity index (χ0v) is 21.6. The van der Waals surface area contributed by atoms with Gasteiger partial charge in [-0.3, -0.25) is 0 Å². The van der Waals surface area contributed by atoms with Crippen molar-refractivity contribution in [3.05, 3.63) is 47.0 Å². The van der Waals surface area contributed by atoms with Crippen LogP contribution in [0, 0.1) is 6.92 Å². The van der Waals surface area contributed by atoms with Crippen molar-refractivity contribution in [2.24, 2.45) is 4.99 Å². The molecule has 2 aromatic carbocycles. The van der Waals surface area contributed by atoms with Gasteiger partial charge in [0.15, 0.2) is 17.5 Å². The Balaban J connectivity index is 0.00000450. The molecule has 0 spiro atoms. The summed E-state index contributed by atoms with van der Waals surface area (Å²) in [6.07, 6.45) is 2.09. The number of hydrogen-bond donors (Lipinski definition) is 2. The molecule has 0 heterocycles. The van der Waals surface area contributed by atoms with Crippen LogP contribution in [0.3, 0.4) is 0 Å². The lowest BCUT2D eigenvalue weighted by Crippen LogP contribution is -2.36. The molecule has 0 aliphatic heterocycles. The number of nitrogens with one attached hydrogen (secondary N) is 2. The van der Waals surface area contributed by atoms with Gasteiger partial charge in [-0.15, -0.1) is 35.7 Å². The smallest absolute Gasteiger partial charge is 0.203 e. The minimum absolute atomic E-state index is 0. The van der Waals surface area contributed by atoms with E-state index in [0.29, 0.717) is 30.3 Å². The number of thioether (sulfide) groups is 1. The van der Waals surface area contributed by atoms with Crippen LogP contribution in [0.1, 0.15) is 23.6 Å². The summed E-state index contributed by atoms with van der Waals surface area (Å²) in [6, 6.07) is 10.3. The summed E-state index contributed by atoms with van der Waals surface area (Å²) in [5, 5.41) is 6.67. The molecule has 0 saturated carbocycles. The molecule has 8 heteroatoms. The number of aryl methyl sites for hydroxylation is 1. The van der Waals surface area contributed by atoms with E-state index in [1.807, 2.05) is 19.1 Å². The SMILES string of the molecule is CCNC(=NCc1ccc(C)cc1SC)NCc1ccc(OC)c(OC)c1OC.I. The predicted molar refractivity (Wildman–Crippen MR) is 136 cm³/mol. The molecule has 0 aromatic heterocycles. The Labute approximate surface area is 201 Å². The number of aliphatic imine (C=N–C) groups is 1. The molecule has 2 aromatic rings. The van der Waals surface area contributed by atoms with Crippen molar-refractivity contribution in [3.63, 3.8) is 0 Å². The number of rotatable bonds is 9. The van der Waals surface area contributed by atoms with Gasteiger partial charge in [0.05, 0.1) is 27.9 Å². The lowest BCUT2D eigenvalue weighted by Gasteiger charge is -2.17. The first-order valence-corrected chi connectivity index (χ1v) is 10.7. The molecule has 6 nitrogen and oxygen atoms in total.